The minimum atomic E-state index is -0.506. The van der Waals surface area contributed by atoms with Crippen LogP contribution in [0.4, 0.5) is 0 Å². The molecule has 2 aromatic carbocycles. The Kier molecular flexibility index (Phi) is 3.68. The number of hydrogen-bond acceptors (Lipinski definition) is 2. The van der Waals surface area contributed by atoms with Crippen molar-refractivity contribution >= 4 is 0 Å². The lowest BCUT2D eigenvalue weighted by molar-refractivity contribution is 0.178. The summed E-state index contributed by atoms with van der Waals surface area (Å²) in [6, 6.07) is 13.0. The van der Waals surface area contributed by atoms with Crippen LogP contribution in [-0.4, -0.2) is 10.2 Å². The molecule has 2 rings (SSSR count). The summed E-state index contributed by atoms with van der Waals surface area (Å²) >= 11 is 0. The van der Waals surface area contributed by atoms with Crippen molar-refractivity contribution in [3.63, 3.8) is 0 Å². The van der Waals surface area contributed by atoms with Crippen molar-refractivity contribution in [2.24, 2.45) is 0 Å². The number of aryl methyl sites for hydroxylation is 2. The van der Waals surface area contributed by atoms with Crippen molar-refractivity contribution in [3.05, 3.63) is 64.7 Å². The maximum atomic E-state index is 10.2. The highest BCUT2D eigenvalue weighted by molar-refractivity contribution is 5.32. The van der Waals surface area contributed by atoms with Gasteiger partial charge < -0.3 is 10.2 Å². The molecule has 0 spiro atoms. The van der Waals surface area contributed by atoms with E-state index in [4.69, 9.17) is 0 Å². The number of rotatable bonds is 3. The lowest BCUT2D eigenvalue weighted by Gasteiger charge is -2.13. The van der Waals surface area contributed by atoms with Crippen LogP contribution in [0.1, 0.15) is 28.4 Å². The van der Waals surface area contributed by atoms with Gasteiger partial charge in [-0.1, -0.05) is 30.3 Å². The third-order valence-corrected chi connectivity index (χ3v) is 3.28. The molecule has 0 saturated carbocycles. The molecular formula is C16H18O2. The van der Waals surface area contributed by atoms with Gasteiger partial charge in [0.25, 0.3) is 0 Å². The molecule has 1 atom stereocenters. The van der Waals surface area contributed by atoms with Crippen LogP contribution in [0.3, 0.4) is 0 Å². The Morgan fingerprint density at radius 2 is 1.61 bits per heavy atom. The van der Waals surface area contributed by atoms with E-state index in [0.717, 1.165) is 11.1 Å². The zero-order chi connectivity index (χ0) is 13.1. The maximum absolute atomic E-state index is 10.2. The number of aliphatic hydroxyl groups is 1. The molecule has 1 unspecified atom stereocenters. The van der Waals surface area contributed by atoms with E-state index in [0.29, 0.717) is 6.42 Å². The van der Waals surface area contributed by atoms with Gasteiger partial charge in [-0.3, -0.25) is 0 Å². The lowest BCUT2D eigenvalue weighted by Crippen LogP contribution is -2.02. The average molecular weight is 242 g/mol. The molecule has 0 fully saturated rings. The summed E-state index contributed by atoms with van der Waals surface area (Å²) in [6.45, 7) is 4.11. The Morgan fingerprint density at radius 1 is 0.944 bits per heavy atom. The fourth-order valence-electron chi connectivity index (χ4n) is 1.95. The summed E-state index contributed by atoms with van der Waals surface area (Å²) in [6.07, 6.45) is 0.0526. The van der Waals surface area contributed by atoms with Gasteiger partial charge in [0, 0.05) is 6.42 Å². The van der Waals surface area contributed by atoms with Crippen LogP contribution < -0.4 is 0 Å². The molecule has 2 N–H and O–H groups in total. The average Bonchev–Trinajstić information content (AvgIpc) is 2.35. The van der Waals surface area contributed by atoms with E-state index in [1.54, 1.807) is 12.1 Å². The van der Waals surface area contributed by atoms with E-state index in [-0.39, 0.29) is 5.75 Å². The second-order valence-electron chi connectivity index (χ2n) is 4.73. The van der Waals surface area contributed by atoms with Crippen LogP contribution in [0.5, 0.6) is 5.75 Å². The molecule has 0 saturated heterocycles. The molecule has 2 heteroatoms. The van der Waals surface area contributed by atoms with Gasteiger partial charge >= 0.3 is 0 Å². The quantitative estimate of drug-likeness (QED) is 0.867. The van der Waals surface area contributed by atoms with Crippen molar-refractivity contribution in [2.45, 2.75) is 26.4 Å². The number of phenolic OH excluding ortho intramolecular Hbond substituents is 1. The normalized spacial score (nSPS) is 12.4. The molecule has 2 aromatic rings. The first kappa shape index (κ1) is 12.7. The summed E-state index contributed by atoms with van der Waals surface area (Å²) in [4.78, 5) is 0. The minimum absolute atomic E-state index is 0.249. The summed E-state index contributed by atoms with van der Waals surface area (Å²) in [7, 11) is 0. The van der Waals surface area contributed by atoms with Gasteiger partial charge in [-0.25, -0.2) is 0 Å². The first-order chi connectivity index (χ1) is 8.56. The summed E-state index contributed by atoms with van der Waals surface area (Å²) in [5.74, 6) is 0.249. The van der Waals surface area contributed by atoms with Crippen molar-refractivity contribution < 1.29 is 10.2 Å². The van der Waals surface area contributed by atoms with E-state index in [1.165, 1.54) is 11.1 Å². The number of phenols is 1. The van der Waals surface area contributed by atoms with Crippen LogP contribution in [0.25, 0.3) is 0 Å². The molecule has 0 radical (unpaired) electrons. The zero-order valence-corrected chi connectivity index (χ0v) is 10.7. The monoisotopic (exact) mass is 242 g/mol. The molecule has 0 aromatic heterocycles. The van der Waals surface area contributed by atoms with Crippen molar-refractivity contribution in [3.8, 4) is 5.75 Å². The summed E-state index contributed by atoms with van der Waals surface area (Å²) in [5.41, 5.74) is 4.37. The highest BCUT2D eigenvalue weighted by Gasteiger charge is 2.09. The topological polar surface area (TPSA) is 40.5 Å². The molecule has 0 aliphatic rings. The van der Waals surface area contributed by atoms with E-state index in [1.807, 2.05) is 37.3 Å². The maximum Gasteiger partial charge on any atom is 0.115 e. The highest BCUT2D eigenvalue weighted by atomic mass is 16.3. The molecule has 0 heterocycles. The third-order valence-electron chi connectivity index (χ3n) is 3.28. The Labute approximate surface area is 108 Å². The van der Waals surface area contributed by atoms with Crippen molar-refractivity contribution in [2.75, 3.05) is 0 Å². The van der Waals surface area contributed by atoms with Crippen molar-refractivity contribution in [1.82, 2.24) is 0 Å². The van der Waals surface area contributed by atoms with Crippen LogP contribution in [0.2, 0.25) is 0 Å². The Balaban J connectivity index is 2.13. The zero-order valence-electron chi connectivity index (χ0n) is 10.7. The van der Waals surface area contributed by atoms with Gasteiger partial charge in [0.05, 0.1) is 6.10 Å². The fraction of sp³-hybridized carbons (Fsp3) is 0.250. The molecule has 94 valence electrons. The first-order valence-corrected chi connectivity index (χ1v) is 6.09. The van der Waals surface area contributed by atoms with Crippen LogP contribution in [0.15, 0.2) is 42.5 Å². The number of aliphatic hydroxyl groups excluding tert-OH is 1. The van der Waals surface area contributed by atoms with Gasteiger partial charge in [-0.15, -0.1) is 0 Å². The van der Waals surface area contributed by atoms with Gasteiger partial charge in [-0.2, -0.15) is 0 Å². The molecular weight excluding hydrogens is 224 g/mol. The fourth-order valence-corrected chi connectivity index (χ4v) is 1.95. The molecule has 0 aliphatic carbocycles. The van der Waals surface area contributed by atoms with Gasteiger partial charge in [0.2, 0.25) is 0 Å². The lowest BCUT2D eigenvalue weighted by atomic mass is 9.98. The number of hydrogen-bond donors (Lipinski definition) is 2. The van der Waals surface area contributed by atoms with E-state index in [2.05, 4.69) is 6.92 Å². The minimum Gasteiger partial charge on any atom is -0.508 e. The number of aromatic hydroxyl groups is 1. The Morgan fingerprint density at radius 3 is 2.22 bits per heavy atom. The predicted octanol–water partition coefficient (Wildman–Crippen LogP) is 3.29. The van der Waals surface area contributed by atoms with Gasteiger partial charge in [0.15, 0.2) is 0 Å². The van der Waals surface area contributed by atoms with E-state index < -0.39 is 6.10 Å². The summed E-state index contributed by atoms with van der Waals surface area (Å²) in [5, 5.41) is 19.4. The van der Waals surface area contributed by atoms with E-state index >= 15 is 0 Å². The molecule has 0 bridgehead atoms. The largest absolute Gasteiger partial charge is 0.508 e. The molecule has 0 amide bonds. The SMILES string of the molecule is Cc1ccc(C(O)Cc2ccc(O)cc2)cc1C. The second kappa shape index (κ2) is 5.23. The van der Waals surface area contributed by atoms with Crippen LogP contribution in [0, 0.1) is 13.8 Å². The highest BCUT2D eigenvalue weighted by Crippen LogP contribution is 2.21. The smallest absolute Gasteiger partial charge is 0.115 e. The van der Waals surface area contributed by atoms with Crippen molar-refractivity contribution in [1.29, 1.82) is 0 Å². The molecule has 18 heavy (non-hydrogen) atoms. The Bertz CT molecular complexity index is 529. The molecule has 0 aliphatic heterocycles. The third kappa shape index (κ3) is 2.90. The standard InChI is InChI=1S/C16H18O2/c1-11-3-6-14(9-12(11)2)16(18)10-13-4-7-15(17)8-5-13/h3-9,16-18H,10H2,1-2H3. The van der Waals surface area contributed by atoms with Crippen LogP contribution in [-0.2, 0) is 6.42 Å². The predicted molar refractivity (Wildman–Crippen MR) is 72.7 cm³/mol. The second-order valence-corrected chi connectivity index (χ2v) is 4.73. The van der Waals surface area contributed by atoms with Gasteiger partial charge in [-0.05, 0) is 48.2 Å². The van der Waals surface area contributed by atoms with E-state index in [9.17, 15) is 10.2 Å². The number of benzene rings is 2. The summed E-state index contributed by atoms with van der Waals surface area (Å²) < 4.78 is 0. The van der Waals surface area contributed by atoms with Crippen LogP contribution >= 0.6 is 0 Å². The Hall–Kier alpha value is -1.80. The van der Waals surface area contributed by atoms with Gasteiger partial charge in [0.1, 0.15) is 5.75 Å². The molecule has 2 nitrogen and oxygen atoms in total. The first-order valence-electron chi connectivity index (χ1n) is 6.09.